The molecule has 2 aromatic heterocycles. The molecule has 1 amide bonds. The van der Waals surface area contributed by atoms with E-state index in [1.165, 1.54) is 0 Å². The van der Waals surface area contributed by atoms with Crippen LogP contribution in [0.3, 0.4) is 0 Å². The molecule has 7 heteroatoms. The molecule has 0 saturated carbocycles. The number of benzene rings is 1. The smallest absolute Gasteiger partial charge is 0.226 e. The van der Waals surface area contributed by atoms with E-state index in [2.05, 4.69) is 20.3 Å². The van der Waals surface area contributed by atoms with E-state index in [4.69, 9.17) is 9.95 Å². The number of fused-ring (bicyclic) bond motifs is 1. The number of amides is 1. The van der Waals surface area contributed by atoms with Crippen LogP contribution in [0.4, 0.5) is 0 Å². The van der Waals surface area contributed by atoms with Crippen LogP contribution in [0.2, 0.25) is 0 Å². The van der Waals surface area contributed by atoms with Gasteiger partial charge in [-0.3, -0.25) is 9.78 Å². The van der Waals surface area contributed by atoms with Gasteiger partial charge in [0.25, 0.3) is 0 Å². The van der Waals surface area contributed by atoms with Gasteiger partial charge < -0.3 is 9.73 Å². The summed E-state index contributed by atoms with van der Waals surface area (Å²) in [7, 11) is 0. The van der Waals surface area contributed by atoms with Gasteiger partial charge in [0.05, 0.1) is 0 Å². The summed E-state index contributed by atoms with van der Waals surface area (Å²) in [5.41, 5.74) is 9.84. The Morgan fingerprint density at radius 2 is 2.22 bits per heavy atom. The summed E-state index contributed by atoms with van der Waals surface area (Å²) in [6, 6.07) is 12.6. The minimum absolute atomic E-state index is 0.270. The van der Waals surface area contributed by atoms with Gasteiger partial charge in [0.15, 0.2) is 0 Å². The van der Waals surface area contributed by atoms with Crippen molar-refractivity contribution >= 4 is 16.9 Å². The summed E-state index contributed by atoms with van der Waals surface area (Å²) in [5.74, 6) is 0.200. The highest BCUT2D eigenvalue weighted by Crippen LogP contribution is 2.27. The number of hydrogen-bond acceptors (Lipinski definition) is 4. The first-order valence-electron chi connectivity index (χ1n) is 6.96. The Morgan fingerprint density at radius 1 is 1.35 bits per heavy atom. The average Bonchev–Trinajstić information content (AvgIpc) is 3.02. The van der Waals surface area contributed by atoms with E-state index < -0.39 is 11.9 Å². The predicted molar refractivity (Wildman–Crippen MR) is 84.4 cm³/mol. The summed E-state index contributed by atoms with van der Waals surface area (Å²) in [6.07, 6.45) is 3.31. The number of rotatable bonds is 5. The normalized spacial score (nSPS) is 11.7. The highest BCUT2D eigenvalue weighted by atomic mass is 16.3. The number of azide groups is 1. The summed E-state index contributed by atoms with van der Waals surface area (Å²) >= 11 is 0. The fourth-order valence-electron chi connectivity index (χ4n) is 2.31. The molecule has 3 aromatic rings. The van der Waals surface area contributed by atoms with E-state index in [1.54, 1.807) is 18.5 Å². The Morgan fingerprint density at radius 3 is 2.96 bits per heavy atom. The number of nitrogens with one attached hydrogen (secondary N) is 1. The fraction of sp³-hybridized carbons (Fsp3) is 0.125. The molecule has 114 valence electrons. The van der Waals surface area contributed by atoms with E-state index in [-0.39, 0.29) is 6.54 Å². The molecule has 0 aliphatic heterocycles. The van der Waals surface area contributed by atoms with Gasteiger partial charge in [-0.1, -0.05) is 29.4 Å². The summed E-state index contributed by atoms with van der Waals surface area (Å²) in [5, 5.41) is 7.03. The van der Waals surface area contributed by atoms with Crippen molar-refractivity contribution in [2.75, 3.05) is 6.54 Å². The quantitative estimate of drug-likeness (QED) is 0.444. The first kappa shape index (κ1) is 14.6. The average molecular weight is 307 g/mol. The number of furan rings is 1. The molecule has 2 heterocycles. The van der Waals surface area contributed by atoms with Crippen LogP contribution in [-0.4, -0.2) is 17.4 Å². The maximum absolute atomic E-state index is 11.9. The monoisotopic (exact) mass is 307 g/mol. The van der Waals surface area contributed by atoms with Crippen molar-refractivity contribution in [3.05, 3.63) is 76.6 Å². The molecule has 1 aromatic carbocycles. The highest BCUT2D eigenvalue weighted by molar-refractivity contribution is 5.80. The summed E-state index contributed by atoms with van der Waals surface area (Å²) < 4.78 is 5.84. The lowest BCUT2D eigenvalue weighted by atomic mass is 10.1. The van der Waals surface area contributed by atoms with E-state index in [1.807, 2.05) is 36.4 Å². The number of pyridine rings is 1. The first-order chi connectivity index (χ1) is 11.3. The van der Waals surface area contributed by atoms with E-state index >= 15 is 0 Å². The van der Waals surface area contributed by atoms with Crippen molar-refractivity contribution in [2.45, 2.75) is 6.04 Å². The van der Waals surface area contributed by atoms with Gasteiger partial charge in [-0.25, -0.2) is 0 Å². The lowest BCUT2D eigenvalue weighted by Crippen LogP contribution is -2.30. The van der Waals surface area contributed by atoms with Crippen LogP contribution < -0.4 is 5.32 Å². The van der Waals surface area contributed by atoms with Crippen LogP contribution in [-0.2, 0) is 4.79 Å². The van der Waals surface area contributed by atoms with Gasteiger partial charge >= 0.3 is 0 Å². The van der Waals surface area contributed by atoms with Gasteiger partial charge in [-0.15, -0.1) is 0 Å². The number of carbonyl (C=O) groups excluding carboxylic acids is 1. The predicted octanol–water partition coefficient (Wildman–Crippen LogP) is 3.34. The second-order valence-corrected chi connectivity index (χ2v) is 4.86. The van der Waals surface area contributed by atoms with Crippen molar-refractivity contribution in [1.82, 2.24) is 10.3 Å². The number of carbonyl (C=O) groups is 1. The van der Waals surface area contributed by atoms with E-state index in [9.17, 15) is 4.79 Å². The zero-order valence-corrected chi connectivity index (χ0v) is 12.1. The minimum atomic E-state index is -0.502. The second kappa shape index (κ2) is 6.64. The molecule has 0 radical (unpaired) electrons. The van der Waals surface area contributed by atoms with Crippen LogP contribution in [0.15, 0.2) is 64.4 Å². The SMILES string of the molecule is [N-]=[N+]=NCC(=O)NC(c1cccnc1)c1cc2ccccc2o1. The van der Waals surface area contributed by atoms with Gasteiger partial charge in [-0.05, 0) is 23.7 Å². The molecule has 3 rings (SSSR count). The lowest BCUT2D eigenvalue weighted by Gasteiger charge is -2.16. The topological polar surface area (TPSA) is 104 Å². The maximum Gasteiger partial charge on any atom is 0.226 e. The van der Waals surface area contributed by atoms with Crippen molar-refractivity contribution in [2.24, 2.45) is 5.11 Å². The molecule has 0 bridgehead atoms. The third-order valence-corrected chi connectivity index (χ3v) is 3.33. The van der Waals surface area contributed by atoms with Gasteiger partial charge in [0.2, 0.25) is 5.91 Å². The molecule has 0 aliphatic carbocycles. The Labute approximate surface area is 131 Å². The van der Waals surface area contributed by atoms with E-state index in [0.29, 0.717) is 5.76 Å². The number of aromatic nitrogens is 1. The first-order valence-corrected chi connectivity index (χ1v) is 6.96. The Balaban J connectivity index is 1.97. The highest BCUT2D eigenvalue weighted by Gasteiger charge is 2.20. The Hall–Kier alpha value is -3.31. The zero-order valence-electron chi connectivity index (χ0n) is 12.1. The van der Waals surface area contributed by atoms with Crippen molar-refractivity contribution in [1.29, 1.82) is 0 Å². The molecule has 0 fully saturated rings. The Bertz CT molecular complexity index is 835. The summed E-state index contributed by atoms with van der Waals surface area (Å²) in [6.45, 7) is -0.270. The molecule has 0 aliphatic rings. The van der Waals surface area contributed by atoms with Crippen LogP contribution in [0.25, 0.3) is 21.4 Å². The summed E-state index contributed by atoms with van der Waals surface area (Å²) in [4.78, 5) is 18.6. The van der Waals surface area contributed by atoms with Crippen molar-refractivity contribution in [3.8, 4) is 0 Å². The van der Waals surface area contributed by atoms with Crippen LogP contribution in [0.5, 0.6) is 0 Å². The van der Waals surface area contributed by atoms with Crippen LogP contribution in [0, 0.1) is 0 Å². The molecule has 7 nitrogen and oxygen atoms in total. The third kappa shape index (κ3) is 3.30. The molecule has 1 unspecified atom stereocenters. The molecular formula is C16H13N5O2. The minimum Gasteiger partial charge on any atom is -0.459 e. The zero-order chi connectivity index (χ0) is 16.1. The molecule has 1 N–H and O–H groups in total. The van der Waals surface area contributed by atoms with Crippen LogP contribution in [0.1, 0.15) is 17.4 Å². The second-order valence-electron chi connectivity index (χ2n) is 4.86. The fourth-order valence-corrected chi connectivity index (χ4v) is 2.31. The molecule has 23 heavy (non-hydrogen) atoms. The van der Waals surface area contributed by atoms with Gasteiger partial charge in [0.1, 0.15) is 23.9 Å². The lowest BCUT2D eigenvalue weighted by molar-refractivity contribution is -0.120. The van der Waals surface area contributed by atoms with Gasteiger partial charge in [0, 0.05) is 28.3 Å². The standard InChI is InChI=1S/C16H13N5O2/c17-21-19-10-15(22)20-16(12-5-3-7-18-9-12)14-8-11-4-1-2-6-13(11)23-14/h1-9,16H,10H2,(H,20,22). The molecule has 0 saturated heterocycles. The van der Waals surface area contributed by atoms with E-state index in [0.717, 1.165) is 16.5 Å². The van der Waals surface area contributed by atoms with Gasteiger partial charge in [-0.2, -0.15) is 0 Å². The molecule has 0 spiro atoms. The number of nitrogens with zero attached hydrogens (tertiary/aromatic N) is 4. The largest absolute Gasteiger partial charge is 0.459 e. The van der Waals surface area contributed by atoms with Crippen molar-refractivity contribution in [3.63, 3.8) is 0 Å². The Kier molecular flexibility index (Phi) is 4.22. The molecule has 1 atom stereocenters. The third-order valence-electron chi connectivity index (χ3n) is 3.33. The molecular weight excluding hydrogens is 294 g/mol. The van der Waals surface area contributed by atoms with Crippen molar-refractivity contribution < 1.29 is 9.21 Å². The van der Waals surface area contributed by atoms with Crippen LogP contribution >= 0.6 is 0 Å². The number of hydrogen-bond donors (Lipinski definition) is 1. The number of para-hydroxylation sites is 1. The maximum atomic E-state index is 11.9.